The van der Waals surface area contributed by atoms with Gasteiger partial charge in [0.2, 0.25) is 15.9 Å². The third-order valence-corrected chi connectivity index (χ3v) is 5.49. The van der Waals surface area contributed by atoms with E-state index < -0.39 is 22.0 Å². The van der Waals surface area contributed by atoms with Crippen LogP contribution in [0.25, 0.3) is 10.9 Å². The molecular weight excluding hydrogens is 382 g/mol. The van der Waals surface area contributed by atoms with Crippen LogP contribution in [-0.4, -0.2) is 31.3 Å². The molecule has 0 saturated heterocycles. The van der Waals surface area contributed by atoms with Gasteiger partial charge in [0.15, 0.2) is 5.75 Å². The van der Waals surface area contributed by atoms with Gasteiger partial charge in [0.05, 0.1) is 4.90 Å². The molecule has 3 rings (SSSR count). The predicted octanol–water partition coefficient (Wildman–Crippen LogP) is 2.40. The molecule has 0 saturated carbocycles. The minimum Gasteiger partial charge on any atom is -0.423 e. The summed E-state index contributed by atoms with van der Waals surface area (Å²) < 4.78 is 32.6. The van der Waals surface area contributed by atoms with Crippen molar-refractivity contribution in [3.05, 3.63) is 54.7 Å². The summed E-state index contributed by atoms with van der Waals surface area (Å²) >= 11 is 0. The number of ether oxygens (including phenoxy) is 1. The maximum absolute atomic E-state index is 12.5. The number of aromatic nitrogens is 1. The number of aromatic amines is 1. The van der Waals surface area contributed by atoms with Gasteiger partial charge in [-0.15, -0.1) is 0 Å². The van der Waals surface area contributed by atoms with Gasteiger partial charge in [-0.1, -0.05) is 12.1 Å². The van der Waals surface area contributed by atoms with Crippen LogP contribution >= 0.6 is 0 Å². The van der Waals surface area contributed by atoms with Crippen LogP contribution in [0.1, 0.15) is 13.8 Å². The van der Waals surface area contributed by atoms with E-state index in [1.165, 1.54) is 38.1 Å². The third-order valence-electron chi connectivity index (χ3n) is 3.93. The molecule has 146 valence electrons. The van der Waals surface area contributed by atoms with Crippen molar-refractivity contribution in [2.75, 3.05) is 5.32 Å². The number of anilines is 1. The zero-order valence-electron chi connectivity index (χ0n) is 15.2. The van der Waals surface area contributed by atoms with Crippen LogP contribution in [-0.2, 0) is 19.6 Å². The smallest absolute Gasteiger partial charge is 0.329 e. The Morgan fingerprint density at radius 2 is 1.75 bits per heavy atom. The molecule has 0 aliphatic carbocycles. The number of amides is 1. The van der Waals surface area contributed by atoms with Crippen LogP contribution in [0.2, 0.25) is 0 Å². The van der Waals surface area contributed by atoms with E-state index in [1.807, 2.05) is 18.2 Å². The Bertz CT molecular complexity index is 1120. The lowest BCUT2D eigenvalue weighted by Gasteiger charge is -2.13. The lowest BCUT2D eigenvalue weighted by molar-refractivity contribution is -0.135. The summed E-state index contributed by atoms with van der Waals surface area (Å²) in [5.41, 5.74) is 1.27. The predicted molar refractivity (Wildman–Crippen MR) is 104 cm³/mol. The second kappa shape index (κ2) is 7.83. The van der Waals surface area contributed by atoms with Crippen molar-refractivity contribution < 1.29 is 22.7 Å². The number of esters is 1. The van der Waals surface area contributed by atoms with Gasteiger partial charge in [0, 0.05) is 29.7 Å². The topological polar surface area (TPSA) is 117 Å². The summed E-state index contributed by atoms with van der Waals surface area (Å²) in [6.07, 6.45) is 1.55. The molecule has 0 bridgehead atoms. The van der Waals surface area contributed by atoms with Crippen molar-refractivity contribution in [2.24, 2.45) is 0 Å². The number of para-hydroxylation sites is 1. The highest BCUT2D eigenvalue weighted by Crippen LogP contribution is 2.25. The van der Waals surface area contributed by atoms with E-state index in [1.54, 1.807) is 12.3 Å². The first-order chi connectivity index (χ1) is 13.3. The zero-order valence-corrected chi connectivity index (χ0v) is 16.0. The van der Waals surface area contributed by atoms with Crippen molar-refractivity contribution in [1.29, 1.82) is 0 Å². The van der Waals surface area contributed by atoms with Crippen molar-refractivity contribution in [3.8, 4) is 5.75 Å². The molecule has 2 aromatic carbocycles. The fraction of sp³-hybridized carbons (Fsp3) is 0.158. The van der Waals surface area contributed by atoms with E-state index in [0.29, 0.717) is 11.4 Å². The summed E-state index contributed by atoms with van der Waals surface area (Å²) in [4.78, 5) is 26.3. The minimum atomic E-state index is -3.94. The van der Waals surface area contributed by atoms with Crippen molar-refractivity contribution in [3.63, 3.8) is 0 Å². The Kier molecular flexibility index (Phi) is 5.48. The average Bonchev–Trinajstić information content (AvgIpc) is 3.04. The molecular formula is C19H19N3O5S. The molecule has 28 heavy (non-hydrogen) atoms. The maximum atomic E-state index is 12.5. The van der Waals surface area contributed by atoms with Gasteiger partial charge >= 0.3 is 5.97 Å². The largest absolute Gasteiger partial charge is 0.423 e. The quantitative estimate of drug-likeness (QED) is 0.548. The van der Waals surface area contributed by atoms with Crippen LogP contribution in [0.15, 0.2) is 59.6 Å². The molecule has 0 aliphatic heterocycles. The first kappa shape index (κ1) is 19.6. The van der Waals surface area contributed by atoms with Crippen LogP contribution < -0.4 is 14.8 Å². The Labute approximate surface area is 162 Å². The normalized spacial score (nSPS) is 12.5. The number of rotatable bonds is 6. The third kappa shape index (κ3) is 4.38. The second-order valence-corrected chi connectivity index (χ2v) is 7.88. The Hall–Kier alpha value is -3.17. The highest BCUT2D eigenvalue weighted by molar-refractivity contribution is 7.89. The molecule has 3 N–H and O–H groups in total. The Morgan fingerprint density at radius 1 is 1.07 bits per heavy atom. The number of nitrogens with one attached hydrogen (secondary N) is 3. The molecule has 0 spiro atoms. The zero-order chi connectivity index (χ0) is 20.3. The number of H-pyrrole nitrogens is 1. The molecule has 1 heterocycles. The number of hydrogen-bond acceptors (Lipinski definition) is 5. The number of benzene rings is 2. The summed E-state index contributed by atoms with van der Waals surface area (Å²) in [6, 6.07) is 11.8. The van der Waals surface area contributed by atoms with Gasteiger partial charge in [-0.3, -0.25) is 4.79 Å². The SMILES string of the molecule is CC(=O)Nc1ccc(S(=O)(=O)N[C@@H](C)C(=O)Oc2c[nH]c3ccccc23)cc1. The number of sulfonamides is 1. The second-order valence-electron chi connectivity index (χ2n) is 6.17. The van der Waals surface area contributed by atoms with E-state index in [4.69, 9.17) is 4.74 Å². The molecule has 1 aromatic heterocycles. The maximum Gasteiger partial charge on any atom is 0.329 e. The van der Waals surface area contributed by atoms with Crippen molar-refractivity contribution >= 4 is 38.5 Å². The van der Waals surface area contributed by atoms with E-state index >= 15 is 0 Å². The number of carbonyl (C=O) groups is 2. The van der Waals surface area contributed by atoms with Gasteiger partial charge in [-0.05, 0) is 43.3 Å². The highest BCUT2D eigenvalue weighted by atomic mass is 32.2. The molecule has 1 atom stereocenters. The summed E-state index contributed by atoms with van der Waals surface area (Å²) in [5, 5.41) is 3.27. The first-order valence-electron chi connectivity index (χ1n) is 8.44. The lowest BCUT2D eigenvalue weighted by Crippen LogP contribution is -2.40. The molecule has 0 fully saturated rings. The van der Waals surface area contributed by atoms with E-state index in [9.17, 15) is 18.0 Å². The molecule has 3 aromatic rings. The summed E-state index contributed by atoms with van der Waals surface area (Å²) in [7, 11) is -3.94. The molecule has 1 amide bonds. The molecule has 0 radical (unpaired) electrons. The van der Waals surface area contributed by atoms with E-state index in [-0.39, 0.29) is 10.8 Å². The van der Waals surface area contributed by atoms with Gasteiger partial charge in [-0.25, -0.2) is 13.2 Å². The van der Waals surface area contributed by atoms with Gasteiger partial charge in [-0.2, -0.15) is 4.72 Å². The van der Waals surface area contributed by atoms with Crippen LogP contribution in [0.4, 0.5) is 5.69 Å². The number of carbonyl (C=O) groups excluding carboxylic acids is 2. The first-order valence-corrected chi connectivity index (χ1v) is 9.92. The van der Waals surface area contributed by atoms with Gasteiger partial charge in [0.1, 0.15) is 6.04 Å². The minimum absolute atomic E-state index is 0.0339. The number of fused-ring (bicyclic) bond motifs is 1. The van der Waals surface area contributed by atoms with Crippen LogP contribution in [0, 0.1) is 0 Å². The average molecular weight is 401 g/mol. The van der Waals surface area contributed by atoms with Gasteiger partial charge < -0.3 is 15.0 Å². The standard InChI is InChI=1S/C19H19N3O5S/c1-12(19(24)27-18-11-20-17-6-4-3-5-16(17)18)22-28(25,26)15-9-7-14(8-10-15)21-13(2)23/h3-12,20,22H,1-2H3,(H,21,23)/t12-/m0/s1. The number of hydrogen-bond donors (Lipinski definition) is 3. The van der Waals surface area contributed by atoms with E-state index in [2.05, 4.69) is 15.0 Å². The summed E-state index contributed by atoms with van der Waals surface area (Å²) in [5.74, 6) is -0.670. The Morgan fingerprint density at radius 3 is 2.43 bits per heavy atom. The molecule has 9 heteroatoms. The van der Waals surface area contributed by atoms with E-state index in [0.717, 1.165) is 10.9 Å². The van der Waals surface area contributed by atoms with Crippen LogP contribution in [0.3, 0.4) is 0 Å². The highest BCUT2D eigenvalue weighted by Gasteiger charge is 2.24. The van der Waals surface area contributed by atoms with Crippen molar-refractivity contribution in [1.82, 2.24) is 9.71 Å². The van der Waals surface area contributed by atoms with Gasteiger partial charge in [0.25, 0.3) is 0 Å². The fourth-order valence-corrected chi connectivity index (χ4v) is 3.79. The molecule has 8 nitrogen and oxygen atoms in total. The lowest BCUT2D eigenvalue weighted by atomic mass is 10.2. The molecule has 0 unspecified atom stereocenters. The monoisotopic (exact) mass is 401 g/mol. The molecule has 0 aliphatic rings. The van der Waals surface area contributed by atoms with Crippen molar-refractivity contribution in [2.45, 2.75) is 24.8 Å². The Balaban J connectivity index is 1.69. The van der Waals surface area contributed by atoms with Crippen LogP contribution in [0.5, 0.6) is 5.75 Å². The fourth-order valence-electron chi connectivity index (χ4n) is 2.60. The summed E-state index contributed by atoms with van der Waals surface area (Å²) in [6.45, 7) is 2.76.